The zero-order valence-corrected chi connectivity index (χ0v) is 12.4. The molecule has 4 nitrogen and oxygen atoms in total. The Labute approximate surface area is 123 Å². The van der Waals surface area contributed by atoms with Crippen LogP contribution in [0, 0.1) is 6.92 Å². The Balaban J connectivity index is 1.91. The molecule has 0 aliphatic heterocycles. The smallest absolute Gasteiger partial charge is 0.261 e. The van der Waals surface area contributed by atoms with E-state index in [9.17, 15) is 13.2 Å². The Morgan fingerprint density at radius 1 is 1.00 bits per heavy atom. The lowest BCUT2D eigenvalue weighted by Crippen LogP contribution is -2.13. The van der Waals surface area contributed by atoms with Crippen molar-refractivity contribution in [2.75, 3.05) is 4.72 Å². The lowest BCUT2D eigenvalue weighted by Gasteiger charge is -2.09. The minimum Gasteiger partial charge on any atom is -0.294 e. The Kier molecular flexibility index (Phi) is 3.29. The third-order valence-corrected chi connectivity index (χ3v) is 5.01. The summed E-state index contributed by atoms with van der Waals surface area (Å²) in [6.07, 6.45) is 1.24. The zero-order chi connectivity index (χ0) is 15.0. The molecule has 1 aliphatic carbocycles. The molecule has 0 atom stereocenters. The van der Waals surface area contributed by atoms with Gasteiger partial charge >= 0.3 is 0 Å². The first-order valence-corrected chi connectivity index (χ1v) is 8.20. The highest BCUT2D eigenvalue weighted by Gasteiger charge is 2.21. The van der Waals surface area contributed by atoms with Crippen LogP contribution in [0.5, 0.6) is 0 Å². The molecule has 0 saturated carbocycles. The van der Waals surface area contributed by atoms with Crippen LogP contribution < -0.4 is 4.72 Å². The van der Waals surface area contributed by atoms with Gasteiger partial charge in [-0.05, 0) is 43.2 Å². The van der Waals surface area contributed by atoms with Gasteiger partial charge in [-0.1, -0.05) is 23.8 Å². The number of sulfonamides is 1. The fourth-order valence-electron chi connectivity index (χ4n) is 2.43. The number of benzene rings is 2. The summed E-state index contributed by atoms with van der Waals surface area (Å²) in [5, 5.41) is 0. The van der Waals surface area contributed by atoms with Gasteiger partial charge in [0.2, 0.25) is 0 Å². The van der Waals surface area contributed by atoms with Crippen LogP contribution in [0.3, 0.4) is 0 Å². The second-order valence-electron chi connectivity index (χ2n) is 5.21. The standard InChI is InChI=1S/C16H15NO3S/c1-11-2-7-14(8-3-11)21(19,20)17-13-6-4-12-5-9-16(18)15(12)10-13/h2-4,6-8,10,17H,5,9H2,1H3. The van der Waals surface area contributed by atoms with E-state index in [4.69, 9.17) is 0 Å². The molecule has 108 valence electrons. The molecule has 0 aromatic heterocycles. The summed E-state index contributed by atoms with van der Waals surface area (Å²) in [4.78, 5) is 11.9. The normalized spacial score (nSPS) is 14.0. The summed E-state index contributed by atoms with van der Waals surface area (Å²) in [7, 11) is -3.63. The molecule has 0 spiro atoms. The number of hydrogen-bond acceptors (Lipinski definition) is 3. The van der Waals surface area contributed by atoms with Gasteiger partial charge in [0.15, 0.2) is 5.78 Å². The predicted octanol–water partition coefficient (Wildman–Crippen LogP) is 2.92. The van der Waals surface area contributed by atoms with Crippen LogP contribution in [0.25, 0.3) is 0 Å². The number of anilines is 1. The maximum Gasteiger partial charge on any atom is 0.261 e. The van der Waals surface area contributed by atoms with E-state index < -0.39 is 10.0 Å². The SMILES string of the molecule is Cc1ccc(S(=O)(=O)Nc2ccc3c(c2)C(=O)CC3)cc1. The molecule has 2 aromatic carbocycles. The van der Waals surface area contributed by atoms with E-state index in [2.05, 4.69) is 4.72 Å². The van der Waals surface area contributed by atoms with E-state index >= 15 is 0 Å². The van der Waals surface area contributed by atoms with E-state index in [1.807, 2.05) is 13.0 Å². The molecule has 3 rings (SSSR count). The summed E-state index contributed by atoms with van der Waals surface area (Å²) in [5.74, 6) is 0.0707. The predicted molar refractivity (Wildman–Crippen MR) is 81.1 cm³/mol. The molecule has 21 heavy (non-hydrogen) atoms. The van der Waals surface area contributed by atoms with Gasteiger partial charge in [0.05, 0.1) is 4.90 Å². The summed E-state index contributed by atoms with van der Waals surface area (Å²) < 4.78 is 27.1. The number of carbonyl (C=O) groups is 1. The Morgan fingerprint density at radius 2 is 1.71 bits per heavy atom. The van der Waals surface area contributed by atoms with Crippen LogP contribution in [-0.2, 0) is 16.4 Å². The third kappa shape index (κ3) is 2.69. The van der Waals surface area contributed by atoms with Crippen molar-refractivity contribution in [2.24, 2.45) is 0 Å². The highest BCUT2D eigenvalue weighted by molar-refractivity contribution is 7.92. The van der Waals surface area contributed by atoms with E-state index in [0.29, 0.717) is 17.7 Å². The van der Waals surface area contributed by atoms with Crippen molar-refractivity contribution in [3.05, 3.63) is 59.2 Å². The second kappa shape index (κ2) is 5.00. The van der Waals surface area contributed by atoms with Gasteiger partial charge in [-0.15, -0.1) is 0 Å². The van der Waals surface area contributed by atoms with Crippen LogP contribution in [-0.4, -0.2) is 14.2 Å². The lowest BCUT2D eigenvalue weighted by atomic mass is 10.1. The van der Waals surface area contributed by atoms with Gasteiger partial charge in [-0.3, -0.25) is 9.52 Å². The van der Waals surface area contributed by atoms with Crippen molar-refractivity contribution in [3.63, 3.8) is 0 Å². The minimum atomic E-state index is -3.63. The number of rotatable bonds is 3. The number of hydrogen-bond donors (Lipinski definition) is 1. The van der Waals surface area contributed by atoms with Gasteiger partial charge in [0.25, 0.3) is 10.0 Å². The van der Waals surface area contributed by atoms with Gasteiger partial charge < -0.3 is 0 Å². The molecule has 0 saturated heterocycles. The number of nitrogens with one attached hydrogen (secondary N) is 1. The molecule has 5 heteroatoms. The molecule has 2 aromatic rings. The fraction of sp³-hybridized carbons (Fsp3) is 0.188. The molecule has 1 aliphatic rings. The number of fused-ring (bicyclic) bond motifs is 1. The van der Waals surface area contributed by atoms with Crippen molar-refractivity contribution in [3.8, 4) is 0 Å². The molecular formula is C16H15NO3S. The van der Waals surface area contributed by atoms with E-state index in [1.165, 1.54) is 0 Å². The maximum absolute atomic E-state index is 12.3. The summed E-state index contributed by atoms with van der Waals surface area (Å²) in [6, 6.07) is 11.8. The molecular weight excluding hydrogens is 286 g/mol. The van der Waals surface area contributed by atoms with Gasteiger partial charge in [0, 0.05) is 17.7 Å². The monoisotopic (exact) mass is 301 g/mol. The highest BCUT2D eigenvalue weighted by atomic mass is 32.2. The minimum absolute atomic E-state index is 0.0707. The van der Waals surface area contributed by atoms with Gasteiger partial charge in [0.1, 0.15) is 0 Å². The van der Waals surface area contributed by atoms with E-state index in [1.54, 1.807) is 36.4 Å². The highest BCUT2D eigenvalue weighted by Crippen LogP contribution is 2.26. The van der Waals surface area contributed by atoms with Gasteiger partial charge in [-0.25, -0.2) is 8.42 Å². The Bertz CT molecular complexity index is 808. The Morgan fingerprint density at radius 3 is 2.43 bits per heavy atom. The zero-order valence-electron chi connectivity index (χ0n) is 11.6. The van der Waals surface area contributed by atoms with Crippen LogP contribution in [0.15, 0.2) is 47.4 Å². The first-order chi connectivity index (χ1) is 9.95. The largest absolute Gasteiger partial charge is 0.294 e. The van der Waals surface area contributed by atoms with Crippen molar-refractivity contribution in [1.29, 1.82) is 0 Å². The topological polar surface area (TPSA) is 63.2 Å². The van der Waals surface area contributed by atoms with Crippen molar-refractivity contribution in [1.82, 2.24) is 0 Å². The second-order valence-corrected chi connectivity index (χ2v) is 6.90. The number of ketones is 1. The average molecular weight is 301 g/mol. The molecule has 0 unspecified atom stereocenters. The van der Waals surface area contributed by atoms with E-state index in [0.717, 1.165) is 17.5 Å². The first kappa shape index (κ1) is 13.8. The Hall–Kier alpha value is -2.14. The molecule has 1 N–H and O–H groups in total. The molecule has 0 heterocycles. The fourth-order valence-corrected chi connectivity index (χ4v) is 3.48. The first-order valence-electron chi connectivity index (χ1n) is 6.71. The van der Waals surface area contributed by atoms with Crippen molar-refractivity contribution >= 4 is 21.5 Å². The molecule has 0 bridgehead atoms. The molecule has 0 fully saturated rings. The molecule has 0 amide bonds. The number of Topliss-reactive ketones (excluding diaryl/α,β-unsaturated/α-hetero) is 1. The lowest BCUT2D eigenvalue weighted by molar-refractivity contribution is 0.0994. The number of carbonyl (C=O) groups excluding carboxylic acids is 1. The van der Waals surface area contributed by atoms with Crippen LogP contribution in [0.1, 0.15) is 27.9 Å². The molecule has 0 radical (unpaired) electrons. The van der Waals surface area contributed by atoms with Gasteiger partial charge in [-0.2, -0.15) is 0 Å². The number of aryl methyl sites for hydroxylation is 2. The summed E-state index contributed by atoms with van der Waals surface area (Å²) >= 11 is 0. The summed E-state index contributed by atoms with van der Waals surface area (Å²) in [5.41, 5.74) is 3.03. The average Bonchev–Trinajstić information content (AvgIpc) is 2.80. The third-order valence-electron chi connectivity index (χ3n) is 3.62. The summed E-state index contributed by atoms with van der Waals surface area (Å²) in [6.45, 7) is 1.90. The van der Waals surface area contributed by atoms with Crippen LogP contribution >= 0.6 is 0 Å². The van der Waals surface area contributed by atoms with Crippen LogP contribution in [0.4, 0.5) is 5.69 Å². The van der Waals surface area contributed by atoms with Crippen molar-refractivity contribution in [2.45, 2.75) is 24.7 Å². The van der Waals surface area contributed by atoms with E-state index in [-0.39, 0.29) is 10.7 Å². The quantitative estimate of drug-likeness (QED) is 0.948. The maximum atomic E-state index is 12.3. The van der Waals surface area contributed by atoms with Crippen molar-refractivity contribution < 1.29 is 13.2 Å². The van der Waals surface area contributed by atoms with Crippen LogP contribution in [0.2, 0.25) is 0 Å².